The molecule has 1 saturated heterocycles. The Morgan fingerprint density at radius 1 is 1.10 bits per heavy atom. The summed E-state index contributed by atoms with van der Waals surface area (Å²) < 4.78 is 45.2. The van der Waals surface area contributed by atoms with Crippen molar-refractivity contribution in [2.75, 3.05) is 49.7 Å². The average Bonchev–Trinajstić information content (AvgIpc) is 3.81. The van der Waals surface area contributed by atoms with Crippen LogP contribution in [0.25, 0.3) is 11.1 Å². The summed E-state index contributed by atoms with van der Waals surface area (Å²) in [4.78, 5) is 11.7. The lowest BCUT2D eigenvalue weighted by Gasteiger charge is -2.38. The number of nitrogens with zero attached hydrogens (tertiary/aromatic N) is 10. The summed E-state index contributed by atoms with van der Waals surface area (Å²) in [6.07, 6.45) is 11.1. The predicted octanol–water partition coefficient (Wildman–Crippen LogP) is 3.43. The molecule has 1 atom stereocenters. The molecule has 17 heteroatoms. The summed E-state index contributed by atoms with van der Waals surface area (Å²) in [6, 6.07) is 8.29. The van der Waals surface area contributed by atoms with Crippen LogP contribution < -0.4 is 14.8 Å². The number of benzene rings is 1. The average molecular weight is 706 g/mol. The first-order valence-corrected chi connectivity index (χ1v) is 18.9. The fourth-order valence-electron chi connectivity index (χ4n) is 6.31. The van der Waals surface area contributed by atoms with Crippen molar-refractivity contribution in [1.29, 1.82) is 5.26 Å². The van der Waals surface area contributed by atoms with E-state index in [4.69, 9.17) is 19.3 Å². The van der Waals surface area contributed by atoms with Crippen molar-refractivity contribution >= 4 is 21.5 Å². The molecule has 0 bridgehead atoms. The van der Waals surface area contributed by atoms with E-state index in [-0.39, 0.29) is 30.3 Å². The molecular formula is C33H43N11O5S. The Labute approximate surface area is 291 Å². The Morgan fingerprint density at radius 3 is 2.56 bits per heavy atom. The maximum Gasteiger partial charge on any atom is 0.256 e. The molecule has 2 fully saturated rings. The zero-order chi connectivity index (χ0) is 34.9. The van der Waals surface area contributed by atoms with E-state index in [2.05, 4.69) is 41.8 Å². The van der Waals surface area contributed by atoms with Gasteiger partial charge in [0.2, 0.25) is 5.95 Å². The molecule has 1 aliphatic carbocycles. The Kier molecular flexibility index (Phi) is 11.5. The number of rotatable bonds is 15. The second kappa shape index (κ2) is 16.4. The van der Waals surface area contributed by atoms with Crippen LogP contribution in [0.1, 0.15) is 57.6 Å². The molecule has 1 aromatic carbocycles. The number of nitrogens with one attached hydrogen (secondary N) is 1. The minimum Gasteiger partial charge on any atom is -0.487 e. The van der Waals surface area contributed by atoms with Crippen LogP contribution in [-0.4, -0.2) is 110 Å². The summed E-state index contributed by atoms with van der Waals surface area (Å²) in [5.74, 6) is 1.33. The molecule has 1 saturated carbocycles. The lowest BCUT2D eigenvalue weighted by molar-refractivity contribution is 0.00503. The third-order valence-electron chi connectivity index (χ3n) is 9.08. The van der Waals surface area contributed by atoms with Crippen LogP contribution in [0.3, 0.4) is 0 Å². The number of hydrogen-bond donors (Lipinski definition) is 1. The number of ether oxygens (including phenoxy) is 3. The van der Waals surface area contributed by atoms with Crippen molar-refractivity contribution in [2.24, 2.45) is 0 Å². The van der Waals surface area contributed by atoms with Gasteiger partial charge in [0.15, 0.2) is 0 Å². The molecule has 4 aromatic rings. The van der Waals surface area contributed by atoms with Crippen LogP contribution >= 0.6 is 0 Å². The molecule has 0 radical (unpaired) electrons. The van der Waals surface area contributed by atoms with Crippen LogP contribution in [0.4, 0.5) is 11.6 Å². The molecule has 1 aliphatic heterocycles. The molecular weight excluding hydrogens is 663 g/mol. The second-order valence-electron chi connectivity index (χ2n) is 12.6. The van der Waals surface area contributed by atoms with Gasteiger partial charge >= 0.3 is 0 Å². The van der Waals surface area contributed by atoms with Gasteiger partial charge in [0, 0.05) is 42.8 Å². The first kappa shape index (κ1) is 35.2. The summed E-state index contributed by atoms with van der Waals surface area (Å²) in [5, 5.41) is 28.9. The normalized spacial score (nSPS) is 19.1. The van der Waals surface area contributed by atoms with Crippen molar-refractivity contribution in [3.8, 4) is 28.8 Å². The highest BCUT2D eigenvalue weighted by molar-refractivity contribution is 7.91. The van der Waals surface area contributed by atoms with Gasteiger partial charge in [0.25, 0.3) is 5.88 Å². The van der Waals surface area contributed by atoms with E-state index in [0.29, 0.717) is 47.8 Å². The second-order valence-corrected chi connectivity index (χ2v) is 15.1. The van der Waals surface area contributed by atoms with Crippen molar-refractivity contribution in [3.05, 3.63) is 48.7 Å². The molecule has 0 amide bonds. The molecule has 50 heavy (non-hydrogen) atoms. The van der Waals surface area contributed by atoms with Gasteiger partial charge in [-0.05, 0) is 67.2 Å². The van der Waals surface area contributed by atoms with E-state index in [1.807, 2.05) is 23.9 Å². The van der Waals surface area contributed by atoms with Gasteiger partial charge in [-0.3, -0.25) is 9.58 Å². The van der Waals surface area contributed by atoms with Gasteiger partial charge in [-0.1, -0.05) is 13.0 Å². The number of morpholine rings is 1. The van der Waals surface area contributed by atoms with Crippen molar-refractivity contribution in [2.45, 2.75) is 70.7 Å². The maximum atomic E-state index is 12.0. The standard InChI is InChI=1S/C33H43N11O5S/c1-3-50(45,46)16-4-13-48-32-30(22-44(39-32)29-9-7-28(8-10-29)42-11-14-47-15-12-42)38-33-35-19-27(20-36-33)25-5-6-26(18-34)31(17-25)49-24(2)21-43-23-37-40-41-43/h5-6,17,19-20,22-24,28-29H,3-4,7-16,21H2,1-2H3,(H,35,36,38)/t24-,28?,29?/m0/s1. The molecule has 3 aromatic heterocycles. The van der Waals surface area contributed by atoms with Gasteiger partial charge < -0.3 is 19.5 Å². The van der Waals surface area contributed by atoms with Crippen molar-refractivity contribution in [3.63, 3.8) is 0 Å². The third kappa shape index (κ3) is 9.11. The quantitative estimate of drug-likeness (QED) is 0.177. The van der Waals surface area contributed by atoms with E-state index >= 15 is 0 Å². The van der Waals surface area contributed by atoms with Crippen LogP contribution in [0.2, 0.25) is 0 Å². The predicted molar refractivity (Wildman–Crippen MR) is 184 cm³/mol. The SMILES string of the molecule is CCS(=O)(=O)CCCOc1nn(C2CCC(N3CCOCC3)CC2)cc1Nc1ncc(-c2ccc(C#N)c(O[C@@H](C)Cn3cnnn3)c2)cn1. The first-order chi connectivity index (χ1) is 24.3. The van der Waals surface area contributed by atoms with Gasteiger partial charge in [0.05, 0.1) is 49.9 Å². The molecule has 6 rings (SSSR count). The number of anilines is 2. The highest BCUT2D eigenvalue weighted by atomic mass is 32.2. The highest BCUT2D eigenvalue weighted by Crippen LogP contribution is 2.35. The molecule has 16 nitrogen and oxygen atoms in total. The monoisotopic (exact) mass is 705 g/mol. The number of sulfone groups is 1. The number of aromatic nitrogens is 8. The molecule has 1 N–H and O–H groups in total. The Morgan fingerprint density at radius 2 is 1.86 bits per heavy atom. The summed E-state index contributed by atoms with van der Waals surface area (Å²) in [5.41, 5.74) is 2.53. The largest absolute Gasteiger partial charge is 0.487 e. The zero-order valence-corrected chi connectivity index (χ0v) is 29.2. The summed E-state index contributed by atoms with van der Waals surface area (Å²) >= 11 is 0. The van der Waals surface area contributed by atoms with Crippen LogP contribution in [0, 0.1) is 11.3 Å². The van der Waals surface area contributed by atoms with E-state index in [9.17, 15) is 13.7 Å². The van der Waals surface area contributed by atoms with Crippen LogP contribution in [0.5, 0.6) is 11.6 Å². The van der Waals surface area contributed by atoms with Crippen molar-refractivity contribution < 1.29 is 22.6 Å². The Balaban J connectivity index is 1.14. The van der Waals surface area contributed by atoms with Crippen LogP contribution in [0.15, 0.2) is 43.1 Å². The minimum atomic E-state index is -3.09. The van der Waals surface area contributed by atoms with E-state index in [1.165, 1.54) is 6.33 Å². The lowest BCUT2D eigenvalue weighted by Crippen LogP contribution is -2.45. The lowest BCUT2D eigenvalue weighted by atomic mass is 9.90. The maximum absolute atomic E-state index is 12.0. The minimum absolute atomic E-state index is 0.0589. The van der Waals surface area contributed by atoms with E-state index in [0.717, 1.165) is 63.1 Å². The fourth-order valence-corrected chi connectivity index (χ4v) is 7.16. The molecule has 4 heterocycles. The van der Waals surface area contributed by atoms with Crippen molar-refractivity contribution in [1.82, 2.24) is 44.9 Å². The van der Waals surface area contributed by atoms with E-state index in [1.54, 1.807) is 36.1 Å². The molecule has 0 spiro atoms. The molecule has 2 aliphatic rings. The topological polar surface area (TPSA) is 188 Å². The van der Waals surface area contributed by atoms with Gasteiger partial charge in [-0.2, -0.15) is 5.26 Å². The first-order valence-electron chi connectivity index (χ1n) is 17.1. The van der Waals surface area contributed by atoms with Crippen LogP contribution in [-0.2, 0) is 21.1 Å². The highest BCUT2D eigenvalue weighted by Gasteiger charge is 2.29. The molecule has 266 valence electrons. The number of nitriles is 1. The smallest absolute Gasteiger partial charge is 0.256 e. The molecule has 0 unspecified atom stereocenters. The Hall–Kier alpha value is -4.66. The van der Waals surface area contributed by atoms with E-state index < -0.39 is 9.84 Å². The number of hydrogen-bond acceptors (Lipinski definition) is 14. The Bertz CT molecular complexity index is 1830. The fraction of sp³-hybridized carbons (Fsp3) is 0.545. The summed E-state index contributed by atoms with van der Waals surface area (Å²) in [6.45, 7) is 7.72. The van der Waals surface area contributed by atoms with Gasteiger partial charge in [-0.25, -0.2) is 23.1 Å². The number of tetrazole rings is 1. The third-order valence-corrected chi connectivity index (χ3v) is 10.9. The van der Waals surface area contributed by atoms with Gasteiger partial charge in [0.1, 0.15) is 39.8 Å². The zero-order valence-electron chi connectivity index (χ0n) is 28.4. The summed E-state index contributed by atoms with van der Waals surface area (Å²) in [7, 11) is -3.09. The van der Waals surface area contributed by atoms with Gasteiger partial charge in [-0.15, -0.1) is 10.2 Å².